The molecule has 1 aromatic heterocycles. The number of ether oxygens (including phenoxy) is 2. The summed E-state index contributed by atoms with van der Waals surface area (Å²) in [4.78, 5) is 25.2. The van der Waals surface area contributed by atoms with E-state index in [1.165, 1.54) is 7.11 Å². The molecule has 4 unspecified atom stereocenters. The smallest absolute Gasteiger partial charge is 0.330 e. The number of rotatable bonds is 10. The van der Waals surface area contributed by atoms with Crippen molar-refractivity contribution in [2.45, 2.75) is 50.7 Å². The van der Waals surface area contributed by atoms with Crippen molar-refractivity contribution in [3.63, 3.8) is 0 Å². The zero-order chi connectivity index (χ0) is 20.9. The minimum absolute atomic E-state index is 0.0441. The van der Waals surface area contributed by atoms with Crippen molar-refractivity contribution in [3.8, 4) is 0 Å². The molecule has 2 N–H and O–H groups in total. The first-order valence-corrected chi connectivity index (χ1v) is 10.2. The van der Waals surface area contributed by atoms with Gasteiger partial charge in [-0.15, -0.1) is 0 Å². The third-order valence-electron chi connectivity index (χ3n) is 4.20. The molecule has 1 aliphatic rings. The van der Waals surface area contributed by atoms with Gasteiger partial charge in [-0.1, -0.05) is 0 Å². The van der Waals surface area contributed by atoms with Crippen LogP contribution in [0.15, 0.2) is 21.9 Å². The number of nitrogens with one attached hydrogen (secondary N) is 1. The summed E-state index contributed by atoms with van der Waals surface area (Å²) in [6, 6.07) is 1.05. The molecule has 9 nitrogen and oxygen atoms in total. The SMILES string of the molecule is CCOP(CCC(F)(F)C1OC(n2ccc(=O)[nH]c2=O)C(OC)C1O)OCC. The Bertz CT molecular complexity index is 738. The Balaban J connectivity index is 2.18. The van der Waals surface area contributed by atoms with Crippen LogP contribution in [0.3, 0.4) is 0 Å². The minimum atomic E-state index is -3.43. The summed E-state index contributed by atoms with van der Waals surface area (Å²) in [7, 11) is -0.262. The van der Waals surface area contributed by atoms with E-state index in [0.717, 1.165) is 16.8 Å². The Morgan fingerprint density at radius 2 is 1.96 bits per heavy atom. The van der Waals surface area contributed by atoms with Crippen LogP contribution in [0.1, 0.15) is 26.5 Å². The Morgan fingerprint density at radius 1 is 1.32 bits per heavy atom. The van der Waals surface area contributed by atoms with Crippen molar-refractivity contribution in [1.82, 2.24) is 9.55 Å². The van der Waals surface area contributed by atoms with Gasteiger partial charge in [-0.05, 0) is 13.8 Å². The molecule has 1 aliphatic heterocycles. The summed E-state index contributed by atoms with van der Waals surface area (Å²) in [6.45, 7) is 4.16. The molecule has 1 saturated heterocycles. The van der Waals surface area contributed by atoms with Crippen LogP contribution in [0.25, 0.3) is 0 Å². The highest BCUT2D eigenvalue weighted by Crippen LogP contribution is 2.45. The van der Waals surface area contributed by atoms with Gasteiger partial charge in [-0.25, -0.2) is 13.6 Å². The molecule has 2 heterocycles. The predicted octanol–water partition coefficient (Wildman–Crippen LogP) is 1.22. The number of aromatic nitrogens is 2. The Kier molecular flexibility index (Phi) is 8.23. The first kappa shape index (κ1) is 23.1. The fraction of sp³-hybridized carbons (Fsp3) is 0.750. The molecule has 0 spiro atoms. The van der Waals surface area contributed by atoms with E-state index >= 15 is 0 Å². The van der Waals surface area contributed by atoms with Crippen molar-refractivity contribution in [1.29, 1.82) is 0 Å². The zero-order valence-electron chi connectivity index (χ0n) is 15.8. The van der Waals surface area contributed by atoms with Crippen LogP contribution in [0.4, 0.5) is 8.78 Å². The predicted molar refractivity (Wildman–Crippen MR) is 96.6 cm³/mol. The molecule has 4 atom stereocenters. The molecule has 1 aromatic rings. The lowest BCUT2D eigenvalue weighted by molar-refractivity contribution is -0.165. The molecule has 0 bridgehead atoms. The summed E-state index contributed by atoms with van der Waals surface area (Å²) in [5.74, 6) is -3.43. The van der Waals surface area contributed by atoms with Crippen molar-refractivity contribution in [2.75, 3.05) is 26.5 Å². The van der Waals surface area contributed by atoms with Gasteiger partial charge < -0.3 is 23.6 Å². The van der Waals surface area contributed by atoms with Crippen LogP contribution in [0, 0.1) is 0 Å². The second-order valence-electron chi connectivity index (χ2n) is 6.06. The number of alkyl halides is 2. The second kappa shape index (κ2) is 10.00. The summed E-state index contributed by atoms with van der Waals surface area (Å²) >= 11 is 0. The van der Waals surface area contributed by atoms with Gasteiger partial charge in [0.25, 0.3) is 11.5 Å². The molecule has 12 heteroatoms. The van der Waals surface area contributed by atoms with Gasteiger partial charge in [0.15, 0.2) is 20.7 Å². The van der Waals surface area contributed by atoms with Gasteiger partial charge in [0.2, 0.25) is 0 Å². The van der Waals surface area contributed by atoms with Crippen LogP contribution in [0.5, 0.6) is 0 Å². The van der Waals surface area contributed by atoms with Gasteiger partial charge in [-0.2, -0.15) is 0 Å². The Labute approximate surface area is 161 Å². The number of hydrogen-bond acceptors (Lipinski definition) is 7. The fourth-order valence-corrected chi connectivity index (χ4v) is 4.33. The highest BCUT2D eigenvalue weighted by Gasteiger charge is 2.56. The first-order valence-electron chi connectivity index (χ1n) is 8.84. The Morgan fingerprint density at radius 3 is 2.50 bits per heavy atom. The molecule has 0 radical (unpaired) electrons. The maximum atomic E-state index is 14.8. The van der Waals surface area contributed by atoms with Crippen LogP contribution < -0.4 is 11.2 Å². The van der Waals surface area contributed by atoms with Crippen molar-refractivity contribution in [2.24, 2.45) is 0 Å². The number of methoxy groups -OCH3 is 1. The van der Waals surface area contributed by atoms with Gasteiger partial charge in [0.05, 0.1) is 13.2 Å². The molecule has 0 amide bonds. The molecule has 0 aliphatic carbocycles. The molecule has 28 heavy (non-hydrogen) atoms. The molecule has 0 saturated carbocycles. The number of aliphatic hydroxyl groups excluding tert-OH is 1. The van der Waals surface area contributed by atoms with Crippen molar-refractivity contribution < 1.29 is 32.4 Å². The molecule has 1 fully saturated rings. The number of hydrogen-bond donors (Lipinski definition) is 2. The van der Waals surface area contributed by atoms with Gasteiger partial charge in [0, 0.05) is 32.0 Å². The summed E-state index contributed by atoms with van der Waals surface area (Å²) in [5.41, 5.74) is -1.50. The van der Waals surface area contributed by atoms with Crippen molar-refractivity contribution in [3.05, 3.63) is 33.1 Å². The number of H-pyrrole nitrogens is 1. The third-order valence-corrected chi connectivity index (χ3v) is 5.88. The highest BCUT2D eigenvalue weighted by molar-refractivity contribution is 7.47. The van der Waals surface area contributed by atoms with Crippen LogP contribution in [-0.2, 0) is 18.5 Å². The van der Waals surface area contributed by atoms with E-state index in [1.807, 2.05) is 4.98 Å². The van der Waals surface area contributed by atoms with E-state index in [-0.39, 0.29) is 6.16 Å². The van der Waals surface area contributed by atoms with Gasteiger partial charge in [0.1, 0.15) is 12.2 Å². The second-order valence-corrected chi connectivity index (χ2v) is 7.69. The maximum absolute atomic E-state index is 14.8. The van der Waals surface area contributed by atoms with Crippen LogP contribution >= 0.6 is 8.38 Å². The number of nitrogens with zero attached hydrogens (tertiary/aromatic N) is 1. The van der Waals surface area contributed by atoms with Gasteiger partial charge in [-0.3, -0.25) is 14.3 Å². The van der Waals surface area contributed by atoms with E-state index in [4.69, 9.17) is 18.5 Å². The lowest BCUT2D eigenvalue weighted by Crippen LogP contribution is -2.44. The lowest BCUT2D eigenvalue weighted by Gasteiger charge is -2.26. The lowest BCUT2D eigenvalue weighted by atomic mass is 10.0. The van der Waals surface area contributed by atoms with Gasteiger partial charge >= 0.3 is 5.69 Å². The summed E-state index contributed by atoms with van der Waals surface area (Å²) < 4.78 is 51.6. The average Bonchev–Trinajstić information content (AvgIpc) is 2.97. The Hall–Kier alpha value is -1.23. The minimum Gasteiger partial charge on any atom is -0.387 e. The number of halogens is 2. The molecule has 160 valence electrons. The van der Waals surface area contributed by atoms with E-state index < -0.39 is 56.5 Å². The van der Waals surface area contributed by atoms with E-state index in [2.05, 4.69) is 0 Å². The highest BCUT2D eigenvalue weighted by atomic mass is 31.2. The van der Waals surface area contributed by atoms with Crippen LogP contribution in [0.2, 0.25) is 0 Å². The monoisotopic (exact) mass is 426 g/mol. The quantitative estimate of drug-likeness (QED) is 0.541. The first-order chi connectivity index (χ1) is 13.2. The van der Waals surface area contributed by atoms with Crippen molar-refractivity contribution >= 4 is 8.38 Å². The molecule has 0 aromatic carbocycles. The van der Waals surface area contributed by atoms with Crippen LogP contribution in [-0.4, -0.2) is 65.4 Å². The topological polar surface area (TPSA) is 112 Å². The zero-order valence-corrected chi connectivity index (χ0v) is 16.7. The maximum Gasteiger partial charge on any atom is 0.330 e. The van der Waals surface area contributed by atoms with E-state index in [1.54, 1.807) is 13.8 Å². The normalized spacial score (nSPS) is 25.5. The number of aromatic amines is 1. The summed E-state index contributed by atoms with van der Waals surface area (Å²) in [5, 5.41) is 10.4. The molecular formula is C16H25F2N2O7P. The third kappa shape index (κ3) is 5.22. The largest absolute Gasteiger partial charge is 0.387 e. The number of aliphatic hydroxyl groups is 1. The van der Waals surface area contributed by atoms with E-state index in [0.29, 0.717) is 13.2 Å². The molecular weight excluding hydrogens is 401 g/mol. The van der Waals surface area contributed by atoms with E-state index in [9.17, 15) is 23.5 Å². The molecule has 2 rings (SSSR count). The summed E-state index contributed by atoms with van der Waals surface area (Å²) in [6.07, 6.45) is -5.70. The standard InChI is InChI=1S/C16H25F2N2O7P/c1-4-25-28(26-5-2)9-7-16(17,18)13-11(22)12(24-3)14(27-13)20-8-6-10(21)19-15(20)23/h6,8,11-14,22H,4-5,7,9H2,1-3H3,(H,19,21,23). The average molecular weight is 426 g/mol. The fourth-order valence-electron chi connectivity index (χ4n) is 2.94.